The average molecular weight is 279 g/mol. The van der Waals surface area contributed by atoms with Crippen LogP contribution in [0.2, 0.25) is 0 Å². The lowest BCUT2D eigenvalue weighted by molar-refractivity contribution is -0.677. The van der Waals surface area contributed by atoms with Crippen LogP contribution in [-0.2, 0) is 16.0 Å². The summed E-state index contributed by atoms with van der Waals surface area (Å²) in [4.78, 5) is 11.8. The van der Waals surface area contributed by atoms with Crippen molar-refractivity contribution in [2.45, 2.75) is 38.8 Å². The Balaban J connectivity index is 2.18. The van der Waals surface area contributed by atoms with Crippen molar-refractivity contribution in [3.05, 3.63) is 35.9 Å². The molecule has 0 aliphatic carbocycles. The van der Waals surface area contributed by atoms with Gasteiger partial charge < -0.3 is 15.4 Å². The number of quaternary nitrogens is 1. The van der Waals surface area contributed by atoms with E-state index in [1.807, 2.05) is 23.5 Å². The van der Waals surface area contributed by atoms with Crippen molar-refractivity contribution in [1.82, 2.24) is 5.32 Å². The molecule has 0 aromatic heterocycles. The molecule has 0 radical (unpaired) electrons. The van der Waals surface area contributed by atoms with Gasteiger partial charge >= 0.3 is 0 Å². The molecule has 0 spiro atoms. The van der Waals surface area contributed by atoms with E-state index in [1.165, 1.54) is 5.56 Å². The van der Waals surface area contributed by atoms with Crippen LogP contribution in [-0.4, -0.2) is 38.3 Å². The number of ether oxygens (including phenoxy) is 1. The first kappa shape index (κ1) is 16.7. The molecule has 3 N–H and O–H groups in total. The molecule has 20 heavy (non-hydrogen) atoms. The summed E-state index contributed by atoms with van der Waals surface area (Å²) in [6.07, 6.45) is 1.95. The van der Waals surface area contributed by atoms with E-state index in [0.29, 0.717) is 19.2 Å². The third kappa shape index (κ3) is 7.26. The summed E-state index contributed by atoms with van der Waals surface area (Å²) < 4.78 is 5.04. The molecule has 4 nitrogen and oxygen atoms in total. The highest BCUT2D eigenvalue weighted by Gasteiger charge is 2.11. The molecule has 1 aromatic carbocycles. The Morgan fingerprint density at radius 2 is 2.00 bits per heavy atom. The second-order valence-electron chi connectivity index (χ2n) is 5.37. The Hall–Kier alpha value is -1.39. The van der Waals surface area contributed by atoms with E-state index >= 15 is 0 Å². The van der Waals surface area contributed by atoms with Crippen molar-refractivity contribution in [2.75, 3.05) is 20.3 Å². The van der Waals surface area contributed by atoms with Gasteiger partial charge in [-0.2, -0.15) is 0 Å². The lowest BCUT2D eigenvalue weighted by Crippen LogP contribution is -2.92. The first-order valence-electron chi connectivity index (χ1n) is 7.27. The quantitative estimate of drug-likeness (QED) is 0.700. The first-order valence-corrected chi connectivity index (χ1v) is 7.27. The molecule has 0 aliphatic heterocycles. The van der Waals surface area contributed by atoms with Crippen LogP contribution in [0.3, 0.4) is 0 Å². The molecular weight excluding hydrogens is 252 g/mol. The molecular formula is C16H27N2O2+. The number of benzene rings is 1. The van der Waals surface area contributed by atoms with E-state index in [1.54, 1.807) is 7.11 Å². The Kier molecular flexibility index (Phi) is 7.92. The fraction of sp³-hybridized carbons (Fsp3) is 0.562. The van der Waals surface area contributed by atoms with Crippen LogP contribution >= 0.6 is 0 Å². The van der Waals surface area contributed by atoms with Gasteiger partial charge in [0.25, 0.3) is 5.91 Å². The minimum absolute atomic E-state index is 0.0912. The SMILES string of the molecule is COC[C@@H](C)[NH2+]CC(=O)N[C@@H](C)CCc1ccccc1. The van der Waals surface area contributed by atoms with Gasteiger partial charge in [0.1, 0.15) is 6.04 Å². The lowest BCUT2D eigenvalue weighted by Gasteiger charge is -2.14. The van der Waals surface area contributed by atoms with Crippen LogP contribution < -0.4 is 10.6 Å². The summed E-state index contributed by atoms with van der Waals surface area (Å²) in [6.45, 7) is 5.23. The molecule has 0 saturated carbocycles. The number of nitrogens with one attached hydrogen (secondary N) is 1. The Labute approximate surface area is 121 Å². The molecule has 0 unspecified atom stereocenters. The van der Waals surface area contributed by atoms with Crippen LogP contribution in [0.1, 0.15) is 25.8 Å². The highest BCUT2D eigenvalue weighted by atomic mass is 16.5. The number of hydrogen-bond donors (Lipinski definition) is 2. The predicted octanol–water partition coefficient (Wildman–Crippen LogP) is 0.722. The molecule has 0 aliphatic rings. The summed E-state index contributed by atoms with van der Waals surface area (Å²) in [5.74, 6) is 0.0912. The van der Waals surface area contributed by atoms with Crippen molar-refractivity contribution in [1.29, 1.82) is 0 Å². The molecule has 1 amide bonds. The van der Waals surface area contributed by atoms with Gasteiger partial charge in [-0.15, -0.1) is 0 Å². The van der Waals surface area contributed by atoms with E-state index in [2.05, 4.69) is 31.3 Å². The summed E-state index contributed by atoms with van der Waals surface area (Å²) >= 11 is 0. The van der Waals surface area contributed by atoms with Crippen LogP contribution in [0.5, 0.6) is 0 Å². The molecule has 0 heterocycles. The van der Waals surface area contributed by atoms with Crippen molar-refractivity contribution in [3.63, 3.8) is 0 Å². The number of carbonyl (C=O) groups excluding carboxylic acids is 1. The molecule has 112 valence electrons. The van der Waals surface area contributed by atoms with Crippen molar-refractivity contribution < 1.29 is 14.8 Å². The highest BCUT2D eigenvalue weighted by Crippen LogP contribution is 2.04. The number of hydrogen-bond acceptors (Lipinski definition) is 2. The lowest BCUT2D eigenvalue weighted by atomic mass is 10.1. The Morgan fingerprint density at radius 3 is 2.65 bits per heavy atom. The van der Waals surface area contributed by atoms with E-state index < -0.39 is 0 Å². The fourth-order valence-electron chi connectivity index (χ4n) is 2.07. The largest absolute Gasteiger partial charge is 0.379 e. The molecule has 2 atom stereocenters. The molecule has 0 saturated heterocycles. The topological polar surface area (TPSA) is 54.9 Å². The number of nitrogens with two attached hydrogens (primary N) is 1. The summed E-state index contributed by atoms with van der Waals surface area (Å²) in [5, 5.41) is 5.04. The third-order valence-electron chi connectivity index (χ3n) is 3.25. The Bertz CT molecular complexity index is 381. The van der Waals surface area contributed by atoms with Crippen molar-refractivity contribution >= 4 is 5.91 Å². The summed E-state index contributed by atoms with van der Waals surface area (Å²) in [7, 11) is 1.68. The monoisotopic (exact) mass is 279 g/mol. The zero-order valence-electron chi connectivity index (χ0n) is 12.8. The maximum atomic E-state index is 11.8. The minimum Gasteiger partial charge on any atom is -0.379 e. The summed E-state index contributed by atoms with van der Waals surface area (Å²) in [6, 6.07) is 10.9. The minimum atomic E-state index is 0.0912. The second-order valence-corrected chi connectivity index (χ2v) is 5.37. The maximum absolute atomic E-state index is 11.8. The normalized spacial score (nSPS) is 13.8. The molecule has 4 heteroatoms. The third-order valence-corrected chi connectivity index (χ3v) is 3.25. The van der Waals surface area contributed by atoms with E-state index in [0.717, 1.165) is 12.8 Å². The smallest absolute Gasteiger partial charge is 0.275 e. The standard InChI is InChI=1S/C16H26N2O2/c1-13(9-10-15-7-5-4-6-8-15)18-16(19)11-17-14(2)12-20-3/h4-8,13-14,17H,9-12H2,1-3H3,(H,18,19)/p+1/t13-,14+/m0/s1. The van der Waals surface area contributed by atoms with Crippen molar-refractivity contribution in [3.8, 4) is 0 Å². The zero-order valence-corrected chi connectivity index (χ0v) is 12.8. The number of amides is 1. The van der Waals surface area contributed by atoms with E-state index in [4.69, 9.17) is 4.74 Å². The first-order chi connectivity index (χ1) is 9.61. The predicted molar refractivity (Wildman–Crippen MR) is 80.5 cm³/mol. The molecule has 0 bridgehead atoms. The van der Waals surface area contributed by atoms with Crippen LogP contribution in [0.25, 0.3) is 0 Å². The van der Waals surface area contributed by atoms with Gasteiger partial charge in [0.2, 0.25) is 0 Å². The Morgan fingerprint density at radius 1 is 1.30 bits per heavy atom. The van der Waals surface area contributed by atoms with Gasteiger partial charge in [-0.1, -0.05) is 30.3 Å². The van der Waals surface area contributed by atoms with Crippen LogP contribution in [0.15, 0.2) is 30.3 Å². The van der Waals surface area contributed by atoms with Gasteiger partial charge in [-0.25, -0.2) is 0 Å². The van der Waals surface area contributed by atoms with Gasteiger partial charge in [0, 0.05) is 13.2 Å². The molecule has 1 rings (SSSR count). The van der Waals surface area contributed by atoms with Crippen LogP contribution in [0.4, 0.5) is 0 Å². The number of rotatable bonds is 9. The molecule has 0 fully saturated rings. The van der Waals surface area contributed by atoms with Gasteiger partial charge in [-0.3, -0.25) is 4.79 Å². The van der Waals surface area contributed by atoms with Gasteiger partial charge in [0.05, 0.1) is 6.61 Å². The second kappa shape index (κ2) is 9.50. The van der Waals surface area contributed by atoms with E-state index in [9.17, 15) is 4.79 Å². The molecule has 1 aromatic rings. The zero-order chi connectivity index (χ0) is 14.8. The fourth-order valence-corrected chi connectivity index (χ4v) is 2.07. The summed E-state index contributed by atoms with van der Waals surface area (Å²) in [5.41, 5.74) is 1.31. The van der Waals surface area contributed by atoms with Gasteiger partial charge in [0.15, 0.2) is 6.54 Å². The maximum Gasteiger partial charge on any atom is 0.275 e. The number of aryl methyl sites for hydroxylation is 1. The van der Waals surface area contributed by atoms with Crippen LogP contribution in [0, 0.1) is 0 Å². The highest BCUT2D eigenvalue weighted by molar-refractivity contribution is 5.76. The van der Waals surface area contributed by atoms with Crippen molar-refractivity contribution in [2.24, 2.45) is 0 Å². The number of methoxy groups -OCH3 is 1. The van der Waals surface area contributed by atoms with Gasteiger partial charge in [-0.05, 0) is 32.3 Å². The van der Waals surface area contributed by atoms with E-state index in [-0.39, 0.29) is 11.9 Å². The number of carbonyl (C=O) groups is 1. The average Bonchev–Trinajstić information content (AvgIpc) is 2.44.